The second-order valence-corrected chi connectivity index (χ2v) is 10.9. The monoisotopic (exact) mass is 598 g/mol. The number of rotatable bonds is 14. The highest BCUT2D eigenvalue weighted by atomic mass is 16.5. The molecule has 0 aliphatic heterocycles. The predicted molar refractivity (Wildman–Crippen MR) is 165 cm³/mol. The van der Waals surface area contributed by atoms with Crippen LogP contribution in [0.5, 0.6) is 0 Å². The van der Waals surface area contributed by atoms with Crippen molar-refractivity contribution in [3.8, 4) is 11.1 Å². The summed E-state index contributed by atoms with van der Waals surface area (Å²) in [5.41, 5.74) is 4.27. The minimum Gasteiger partial charge on any atom is -0.472 e. The second-order valence-electron chi connectivity index (χ2n) is 10.9. The summed E-state index contributed by atoms with van der Waals surface area (Å²) in [4.78, 5) is 40.7. The van der Waals surface area contributed by atoms with E-state index in [0.717, 1.165) is 27.8 Å². The number of furan rings is 1. The van der Waals surface area contributed by atoms with E-state index < -0.39 is 30.1 Å². The third kappa shape index (κ3) is 9.84. The lowest BCUT2D eigenvalue weighted by Gasteiger charge is -2.28. The number of aliphatic hydroxyl groups excluding tert-OH is 1. The summed E-state index contributed by atoms with van der Waals surface area (Å²) in [6, 6.07) is 26.2. The zero-order valence-electron chi connectivity index (χ0n) is 24.9. The molecule has 1 unspecified atom stereocenters. The molecule has 2 amide bonds. The number of ether oxygens (including phenoxy) is 2. The van der Waals surface area contributed by atoms with Gasteiger partial charge in [-0.15, -0.1) is 0 Å². The van der Waals surface area contributed by atoms with E-state index in [1.165, 1.54) is 4.90 Å². The van der Waals surface area contributed by atoms with Gasteiger partial charge in [-0.2, -0.15) is 0 Å². The molecule has 1 heterocycles. The van der Waals surface area contributed by atoms with Gasteiger partial charge in [0.15, 0.2) is 6.10 Å². The number of esters is 2. The first kappa shape index (κ1) is 32.0. The van der Waals surface area contributed by atoms with Gasteiger partial charge in [0.05, 0.1) is 19.1 Å². The highest BCUT2D eigenvalue weighted by molar-refractivity contribution is 5.84. The maximum Gasteiger partial charge on any atom is 0.337 e. The van der Waals surface area contributed by atoms with Crippen LogP contribution >= 0.6 is 0 Å². The van der Waals surface area contributed by atoms with Crippen LogP contribution in [-0.2, 0) is 38.7 Å². The number of nitrogens with zero attached hydrogens (tertiary/aromatic N) is 1. The van der Waals surface area contributed by atoms with Crippen molar-refractivity contribution >= 4 is 18.0 Å². The number of aliphatic hydroxyl groups is 1. The van der Waals surface area contributed by atoms with Gasteiger partial charge < -0.3 is 29.2 Å². The number of benzene rings is 3. The third-order valence-corrected chi connectivity index (χ3v) is 6.82. The summed E-state index contributed by atoms with van der Waals surface area (Å²) >= 11 is 0. The summed E-state index contributed by atoms with van der Waals surface area (Å²) in [6.45, 7) is 3.80. The molecule has 0 aliphatic rings. The van der Waals surface area contributed by atoms with E-state index in [9.17, 15) is 19.5 Å². The molecule has 1 aromatic heterocycles. The molecule has 230 valence electrons. The fourth-order valence-corrected chi connectivity index (χ4v) is 4.55. The number of carbonyl (C=O) groups is 3. The average molecular weight is 599 g/mol. The Morgan fingerprint density at radius 1 is 0.750 bits per heavy atom. The SMILES string of the molecule is CC(C)CN(CC(O)C(=O)OCc1ccccc1)C(=O)N[C@@H](Cc1ccc(-c2ccoc2)cc1)C(=O)OCc1ccccc1. The largest absolute Gasteiger partial charge is 0.472 e. The highest BCUT2D eigenvalue weighted by Gasteiger charge is 2.29. The molecule has 9 nitrogen and oxygen atoms in total. The minimum atomic E-state index is -1.57. The Balaban J connectivity index is 1.45. The molecule has 2 atom stereocenters. The molecule has 4 rings (SSSR count). The van der Waals surface area contributed by atoms with Crippen molar-refractivity contribution in [3.05, 3.63) is 120 Å². The first-order chi connectivity index (χ1) is 21.3. The van der Waals surface area contributed by atoms with E-state index in [1.54, 1.807) is 24.7 Å². The Morgan fingerprint density at radius 3 is 1.89 bits per heavy atom. The van der Waals surface area contributed by atoms with Gasteiger partial charge in [-0.25, -0.2) is 14.4 Å². The van der Waals surface area contributed by atoms with Gasteiger partial charge in [0.1, 0.15) is 19.3 Å². The minimum absolute atomic E-state index is 0.00181. The first-order valence-electron chi connectivity index (χ1n) is 14.5. The van der Waals surface area contributed by atoms with Crippen LogP contribution in [0.25, 0.3) is 11.1 Å². The molecule has 0 aliphatic carbocycles. The Labute approximate surface area is 257 Å². The van der Waals surface area contributed by atoms with Crippen molar-refractivity contribution in [2.75, 3.05) is 13.1 Å². The molecule has 0 spiro atoms. The quantitative estimate of drug-likeness (QED) is 0.187. The van der Waals surface area contributed by atoms with Gasteiger partial charge >= 0.3 is 18.0 Å². The van der Waals surface area contributed by atoms with Crippen LogP contribution in [-0.4, -0.2) is 53.2 Å². The van der Waals surface area contributed by atoms with Crippen molar-refractivity contribution in [1.29, 1.82) is 0 Å². The molecule has 0 bridgehead atoms. The van der Waals surface area contributed by atoms with E-state index in [4.69, 9.17) is 13.9 Å². The van der Waals surface area contributed by atoms with Crippen LogP contribution in [0.4, 0.5) is 4.79 Å². The molecule has 0 radical (unpaired) electrons. The number of hydrogen-bond acceptors (Lipinski definition) is 7. The number of nitrogens with one attached hydrogen (secondary N) is 1. The Kier molecular flexibility index (Phi) is 11.7. The van der Waals surface area contributed by atoms with Crippen molar-refractivity contribution < 1.29 is 33.4 Å². The van der Waals surface area contributed by atoms with Crippen molar-refractivity contribution in [2.24, 2.45) is 5.92 Å². The molecule has 0 fully saturated rings. The predicted octanol–water partition coefficient (Wildman–Crippen LogP) is 5.37. The first-order valence-corrected chi connectivity index (χ1v) is 14.5. The van der Waals surface area contributed by atoms with E-state index in [-0.39, 0.29) is 38.6 Å². The molecule has 9 heteroatoms. The standard InChI is InChI=1S/C35H38N2O7/c1-25(2)20-37(21-32(38)34(40)44-23-28-11-7-4-8-12-28)35(41)36-31(33(39)43-22-27-9-5-3-6-10-27)19-26-13-15-29(16-14-26)30-17-18-42-24-30/h3-18,24-25,31-32,38H,19-23H2,1-2H3,(H,36,41)/t31-,32?/m0/s1. The van der Waals surface area contributed by atoms with Crippen LogP contribution in [0.3, 0.4) is 0 Å². The molecule has 44 heavy (non-hydrogen) atoms. The summed E-state index contributed by atoms with van der Waals surface area (Å²) in [6.07, 6.45) is 1.85. The zero-order chi connectivity index (χ0) is 31.3. The number of amides is 2. The van der Waals surface area contributed by atoms with E-state index in [0.29, 0.717) is 0 Å². The summed E-state index contributed by atoms with van der Waals surface area (Å²) < 4.78 is 16.0. The molecular formula is C35H38N2O7. The fourth-order valence-electron chi connectivity index (χ4n) is 4.55. The summed E-state index contributed by atoms with van der Waals surface area (Å²) in [5, 5.41) is 13.4. The van der Waals surface area contributed by atoms with Crippen LogP contribution < -0.4 is 5.32 Å². The van der Waals surface area contributed by atoms with Crippen LogP contribution in [0.2, 0.25) is 0 Å². The zero-order valence-corrected chi connectivity index (χ0v) is 24.9. The van der Waals surface area contributed by atoms with Gasteiger partial charge in [-0.1, -0.05) is 98.8 Å². The van der Waals surface area contributed by atoms with Gasteiger partial charge in [0, 0.05) is 18.5 Å². The Morgan fingerprint density at radius 2 is 1.34 bits per heavy atom. The molecule has 3 aromatic carbocycles. The van der Waals surface area contributed by atoms with Gasteiger partial charge in [0.2, 0.25) is 0 Å². The van der Waals surface area contributed by atoms with Gasteiger partial charge in [-0.05, 0) is 34.2 Å². The smallest absolute Gasteiger partial charge is 0.337 e. The average Bonchev–Trinajstić information content (AvgIpc) is 3.58. The Bertz CT molecular complexity index is 1460. The van der Waals surface area contributed by atoms with Crippen LogP contribution in [0.1, 0.15) is 30.5 Å². The lowest BCUT2D eigenvalue weighted by atomic mass is 10.0. The van der Waals surface area contributed by atoms with Gasteiger partial charge in [-0.3, -0.25) is 0 Å². The van der Waals surface area contributed by atoms with Crippen LogP contribution in [0.15, 0.2) is 108 Å². The number of urea groups is 1. The van der Waals surface area contributed by atoms with Crippen LogP contribution in [0, 0.1) is 5.92 Å². The maximum absolute atomic E-state index is 13.5. The van der Waals surface area contributed by atoms with Gasteiger partial charge in [0.25, 0.3) is 0 Å². The summed E-state index contributed by atoms with van der Waals surface area (Å²) in [7, 11) is 0. The van der Waals surface area contributed by atoms with E-state index in [1.807, 2.05) is 92.7 Å². The van der Waals surface area contributed by atoms with Crippen molar-refractivity contribution in [3.63, 3.8) is 0 Å². The molecule has 0 saturated carbocycles. The molecule has 4 aromatic rings. The molecule has 2 N–H and O–H groups in total. The highest BCUT2D eigenvalue weighted by Crippen LogP contribution is 2.21. The fraction of sp³-hybridized carbons (Fsp3) is 0.286. The van der Waals surface area contributed by atoms with Crippen molar-refractivity contribution in [2.45, 2.75) is 45.6 Å². The lowest BCUT2D eigenvalue weighted by Crippen LogP contribution is -2.52. The maximum atomic E-state index is 13.5. The normalized spacial score (nSPS) is 12.3. The second kappa shape index (κ2) is 16.1. The number of carbonyl (C=O) groups excluding carboxylic acids is 3. The van der Waals surface area contributed by atoms with E-state index >= 15 is 0 Å². The Hall–Kier alpha value is -4.89. The number of hydrogen-bond donors (Lipinski definition) is 2. The third-order valence-electron chi connectivity index (χ3n) is 6.82. The van der Waals surface area contributed by atoms with Crippen molar-refractivity contribution in [1.82, 2.24) is 10.2 Å². The lowest BCUT2D eigenvalue weighted by molar-refractivity contribution is -0.155. The summed E-state index contributed by atoms with van der Waals surface area (Å²) in [5.74, 6) is -1.42. The van der Waals surface area contributed by atoms with E-state index in [2.05, 4.69) is 5.32 Å². The topological polar surface area (TPSA) is 118 Å². The molecular weight excluding hydrogens is 560 g/mol. The molecule has 0 saturated heterocycles.